The van der Waals surface area contributed by atoms with Crippen molar-refractivity contribution >= 4 is 44.1 Å². The van der Waals surface area contributed by atoms with E-state index < -0.39 is 23.3 Å². The summed E-state index contributed by atoms with van der Waals surface area (Å²) in [6.45, 7) is 2.81. The predicted octanol–water partition coefficient (Wildman–Crippen LogP) is 5.07. The number of aromatic nitrogens is 4. The van der Waals surface area contributed by atoms with Gasteiger partial charge in [0.05, 0.1) is 16.5 Å². The van der Waals surface area contributed by atoms with Crippen molar-refractivity contribution in [2.45, 2.75) is 55.9 Å². The van der Waals surface area contributed by atoms with Gasteiger partial charge in [0.15, 0.2) is 5.82 Å². The molecule has 0 spiro atoms. The fourth-order valence-corrected chi connectivity index (χ4v) is 8.87. The quantitative estimate of drug-likeness (QED) is 0.201. The number of aryl methyl sites for hydroxylation is 1. The number of nitrogens with zero attached hydrogens (tertiary/aromatic N) is 6. The normalized spacial score (nSPS) is 25.4. The van der Waals surface area contributed by atoms with E-state index in [1.807, 2.05) is 6.20 Å². The van der Waals surface area contributed by atoms with Gasteiger partial charge in [-0.05, 0) is 61.4 Å². The number of hydrogen-bond donors (Lipinski definition) is 2. The first kappa shape index (κ1) is 29.5. The highest BCUT2D eigenvalue weighted by molar-refractivity contribution is 6.18. The van der Waals surface area contributed by atoms with Crippen LogP contribution in [0.15, 0.2) is 30.5 Å². The Morgan fingerprint density at radius 1 is 1.10 bits per heavy atom. The van der Waals surface area contributed by atoms with E-state index in [0.717, 1.165) is 32.2 Å². The van der Waals surface area contributed by atoms with E-state index in [1.165, 1.54) is 6.07 Å². The molecule has 3 aromatic carbocycles. The van der Waals surface area contributed by atoms with Gasteiger partial charge in [-0.3, -0.25) is 9.58 Å². The summed E-state index contributed by atoms with van der Waals surface area (Å²) in [6, 6.07) is 6.78. The number of benzene rings is 3. The molecule has 246 valence electrons. The number of nitrogens with one attached hydrogen (secondary N) is 1. The lowest BCUT2D eigenvalue weighted by molar-refractivity contribution is 0.107. The van der Waals surface area contributed by atoms with E-state index in [-0.39, 0.29) is 41.3 Å². The van der Waals surface area contributed by atoms with Gasteiger partial charge in [-0.25, -0.2) is 13.2 Å². The number of terminal acetylenes is 1. The predicted molar refractivity (Wildman–Crippen MR) is 180 cm³/mol. The standard InChI is InChI=1S/C36H35F3N8O/c1-3-24-27(38)8-5-19-11-21(40)12-25(28(19)24)29-31(39)33-30(26-17-45(2)44-32(26)29)34(46-15-22-6-7-23(16-46)41-22)43-35(42-33)48-18-36-9-4-10-47(36)14-20(37)13-36/h1,5,8,11-12,17,20,22-23,41H,4,6-7,9-10,13-16,18,40H2,2H3/t20-,22-,23+,36+/m1/s1. The molecule has 4 aliphatic rings. The number of piperazine rings is 1. The largest absolute Gasteiger partial charge is 0.461 e. The number of nitrogens with two attached hydrogens (primary N) is 1. The molecular weight excluding hydrogens is 617 g/mol. The van der Waals surface area contributed by atoms with E-state index in [2.05, 4.69) is 21.0 Å². The summed E-state index contributed by atoms with van der Waals surface area (Å²) in [5.74, 6) is 1.78. The van der Waals surface area contributed by atoms with E-state index in [0.29, 0.717) is 70.2 Å². The van der Waals surface area contributed by atoms with Gasteiger partial charge in [-0.15, -0.1) is 6.42 Å². The maximum Gasteiger partial charge on any atom is 0.319 e. The molecule has 4 aliphatic heterocycles. The Labute approximate surface area is 275 Å². The maximum absolute atomic E-state index is 17.5. The third-order valence-electron chi connectivity index (χ3n) is 10.9. The van der Waals surface area contributed by atoms with Gasteiger partial charge in [-0.1, -0.05) is 12.0 Å². The number of ether oxygens (including phenoxy) is 1. The van der Waals surface area contributed by atoms with Crippen molar-refractivity contribution in [3.05, 3.63) is 47.7 Å². The molecule has 2 bridgehead atoms. The Hall–Kier alpha value is -4.60. The van der Waals surface area contributed by atoms with Gasteiger partial charge in [0, 0.05) is 73.4 Å². The summed E-state index contributed by atoms with van der Waals surface area (Å²) < 4.78 is 55.2. The van der Waals surface area contributed by atoms with Gasteiger partial charge in [0.25, 0.3) is 0 Å². The highest BCUT2D eigenvalue weighted by atomic mass is 19.1. The second-order valence-corrected chi connectivity index (χ2v) is 13.9. The van der Waals surface area contributed by atoms with Crippen LogP contribution in [0.2, 0.25) is 0 Å². The smallest absolute Gasteiger partial charge is 0.319 e. The highest BCUT2D eigenvalue weighted by Crippen LogP contribution is 2.45. The second kappa shape index (κ2) is 10.7. The summed E-state index contributed by atoms with van der Waals surface area (Å²) in [5.41, 5.74) is 7.15. The molecule has 4 fully saturated rings. The van der Waals surface area contributed by atoms with Crippen LogP contribution in [-0.2, 0) is 7.05 Å². The van der Waals surface area contributed by atoms with Crippen molar-refractivity contribution < 1.29 is 17.9 Å². The molecule has 6 heterocycles. The van der Waals surface area contributed by atoms with Crippen LogP contribution in [0, 0.1) is 24.0 Å². The summed E-state index contributed by atoms with van der Waals surface area (Å²) in [6.07, 6.45) is 11.0. The monoisotopic (exact) mass is 652 g/mol. The molecule has 48 heavy (non-hydrogen) atoms. The van der Waals surface area contributed by atoms with Crippen LogP contribution in [-0.4, -0.2) is 81.2 Å². The van der Waals surface area contributed by atoms with Crippen LogP contribution in [0.5, 0.6) is 6.01 Å². The lowest BCUT2D eigenvalue weighted by Gasteiger charge is -2.35. The summed E-state index contributed by atoms with van der Waals surface area (Å²) in [5, 5.41) is 10.5. The van der Waals surface area contributed by atoms with Crippen LogP contribution < -0.4 is 20.7 Å². The van der Waals surface area contributed by atoms with Crippen molar-refractivity contribution in [2.75, 3.05) is 43.4 Å². The van der Waals surface area contributed by atoms with Gasteiger partial charge < -0.3 is 20.7 Å². The van der Waals surface area contributed by atoms with Crippen LogP contribution >= 0.6 is 0 Å². The number of nitrogen functional groups attached to an aromatic ring is 1. The van der Waals surface area contributed by atoms with Crippen LogP contribution in [0.1, 0.15) is 37.7 Å². The lowest BCUT2D eigenvalue weighted by atomic mass is 9.91. The lowest BCUT2D eigenvalue weighted by Crippen LogP contribution is -2.51. The molecule has 0 saturated carbocycles. The molecule has 9 nitrogen and oxygen atoms in total. The molecule has 0 aliphatic carbocycles. The molecule has 0 radical (unpaired) electrons. The molecular formula is C36H35F3N8O. The summed E-state index contributed by atoms with van der Waals surface area (Å²) >= 11 is 0. The molecule has 12 heteroatoms. The Balaban J connectivity index is 1.30. The molecule has 2 aromatic heterocycles. The third-order valence-corrected chi connectivity index (χ3v) is 10.9. The number of halogens is 3. The zero-order valence-corrected chi connectivity index (χ0v) is 26.6. The first-order chi connectivity index (χ1) is 23.2. The Bertz CT molecular complexity index is 2180. The number of anilines is 2. The Kier molecular flexibility index (Phi) is 6.59. The number of hydrogen-bond acceptors (Lipinski definition) is 8. The molecule has 0 amide bonds. The van der Waals surface area contributed by atoms with Crippen molar-refractivity contribution in [3.63, 3.8) is 0 Å². The van der Waals surface area contributed by atoms with E-state index in [4.69, 9.17) is 32.0 Å². The third kappa shape index (κ3) is 4.44. The molecule has 9 rings (SSSR count). The molecule has 3 N–H and O–H groups in total. The maximum atomic E-state index is 17.5. The van der Waals surface area contributed by atoms with E-state index in [9.17, 15) is 4.39 Å². The molecule has 4 saturated heterocycles. The second-order valence-electron chi connectivity index (χ2n) is 13.9. The molecule has 0 unspecified atom stereocenters. The number of alkyl halides is 1. The summed E-state index contributed by atoms with van der Waals surface area (Å²) in [7, 11) is 1.77. The van der Waals surface area contributed by atoms with Gasteiger partial charge >= 0.3 is 6.01 Å². The minimum absolute atomic E-state index is 0.0119. The fraction of sp³-hybridized carbons (Fsp3) is 0.417. The number of fused-ring (bicyclic) bond motifs is 7. The van der Waals surface area contributed by atoms with Gasteiger partial charge in [0.1, 0.15) is 35.4 Å². The molecule has 5 aromatic rings. The first-order valence-corrected chi connectivity index (χ1v) is 16.6. The topological polar surface area (TPSA) is 97.4 Å². The van der Waals surface area contributed by atoms with E-state index >= 15 is 8.78 Å². The van der Waals surface area contributed by atoms with Crippen LogP contribution in [0.3, 0.4) is 0 Å². The van der Waals surface area contributed by atoms with Gasteiger partial charge in [0.2, 0.25) is 0 Å². The van der Waals surface area contributed by atoms with Crippen molar-refractivity contribution in [3.8, 4) is 29.5 Å². The minimum Gasteiger partial charge on any atom is -0.461 e. The van der Waals surface area contributed by atoms with Crippen LogP contribution in [0.4, 0.5) is 24.7 Å². The zero-order chi connectivity index (χ0) is 32.9. The summed E-state index contributed by atoms with van der Waals surface area (Å²) in [4.78, 5) is 14.1. The first-order valence-electron chi connectivity index (χ1n) is 16.6. The Morgan fingerprint density at radius 2 is 1.92 bits per heavy atom. The van der Waals surface area contributed by atoms with Crippen LogP contribution in [0.25, 0.3) is 43.7 Å². The number of rotatable bonds is 5. The average Bonchev–Trinajstić information content (AvgIpc) is 3.81. The van der Waals surface area contributed by atoms with Gasteiger partial charge in [-0.2, -0.15) is 15.1 Å². The van der Waals surface area contributed by atoms with Crippen molar-refractivity contribution in [2.24, 2.45) is 7.05 Å². The molecule has 4 atom stereocenters. The van der Waals surface area contributed by atoms with E-state index in [1.54, 1.807) is 29.9 Å². The average molecular weight is 653 g/mol. The van der Waals surface area contributed by atoms with Crippen molar-refractivity contribution in [1.29, 1.82) is 0 Å². The Morgan fingerprint density at radius 3 is 2.71 bits per heavy atom. The zero-order valence-electron chi connectivity index (χ0n) is 26.6. The fourth-order valence-electron chi connectivity index (χ4n) is 8.87. The van der Waals surface area contributed by atoms with Crippen molar-refractivity contribution in [1.82, 2.24) is 30.0 Å². The highest BCUT2D eigenvalue weighted by Gasteiger charge is 2.49. The SMILES string of the molecule is C#Cc1c(F)ccc2cc(N)cc(-c3c(F)c4nc(OC[C@@]56CCCN5C[C@H](F)C6)nc(N5C[C@H]6CC[C@@H](C5)N6)c4c4cn(C)nc34)c12. The minimum atomic E-state index is -0.914.